The molecule has 76 valence electrons. The topological polar surface area (TPSA) is 22.1 Å². The van der Waals surface area contributed by atoms with Gasteiger partial charge in [0.15, 0.2) is 0 Å². The van der Waals surface area contributed by atoms with Crippen molar-refractivity contribution in [3.8, 4) is 0 Å². The molecule has 0 atom stereocenters. The van der Waals surface area contributed by atoms with Gasteiger partial charge in [-0.25, -0.2) is 0 Å². The molecule has 0 saturated heterocycles. The van der Waals surface area contributed by atoms with Crippen molar-refractivity contribution in [3.63, 3.8) is 0 Å². The number of nitrogens with zero attached hydrogens (tertiary/aromatic N) is 1. The van der Waals surface area contributed by atoms with Gasteiger partial charge in [0.25, 0.3) is 0 Å². The van der Waals surface area contributed by atoms with E-state index in [-0.39, 0.29) is 11.2 Å². The standard InChI is InChI=1S/C12H17NO/c1-11(2,3)14-12(7-8-12)10-6-4-5-9-13-10/h4-6,9H,7-8H2,1-3H3. The van der Waals surface area contributed by atoms with Crippen molar-refractivity contribution >= 4 is 0 Å². The monoisotopic (exact) mass is 191 g/mol. The normalized spacial score (nSPS) is 19.4. The second-order valence-electron chi connectivity index (χ2n) is 4.92. The Hall–Kier alpha value is -0.890. The van der Waals surface area contributed by atoms with Gasteiger partial charge in [-0.2, -0.15) is 0 Å². The van der Waals surface area contributed by atoms with Gasteiger partial charge in [-0.3, -0.25) is 4.98 Å². The Morgan fingerprint density at radius 3 is 2.43 bits per heavy atom. The van der Waals surface area contributed by atoms with Crippen LogP contribution in [0.15, 0.2) is 24.4 Å². The van der Waals surface area contributed by atoms with Gasteiger partial charge in [0, 0.05) is 6.20 Å². The van der Waals surface area contributed by atoms with E-state index >= 15 is 0 Å². The molecule has 1 fully saturated rings. The van der Waals surface area contributed by atoms with Crippen LogP contribution in [0, 0.1) is 0 Å². The molecule has 14 heavy (non-hydrogen) atoms. The number of hydrogen-bond acceptors (Lipinski definition) is 2. The Labute approximate surface area is 85.3 Å². The molecule has 0 aliphatic heterocycles. The Balaban J connectivity index is 2.18. The lowest BCUT2D eigenvalue weighted by atomic mass is 10.1. The molecular weight excluding hydrogens is 174 g/mol. The lowest BCUT2D eigenvalue weighted by molar-refractivity contribution is -0.0817. The molecule has 1 aromatic rings. The molecule has 0 radical (unpaired) electrons. The van der Waals surface area contributed by atoms with E-state index in [0.717, 1.165) is 18.5 Å². The second-order valence-corrected chi connectivity index (χ2v) is 4.92. The first-order chi connectivity index (χ1) is 6.52. The van der Waals surface area contributed by atoms with E-state index in [4.69, 9.17) is 4.74 Å². The van der Waals surface area contributed by atoms with Crippen molar-refractivity contribution in [2.45, 2.75) is 44.8 Å². The molecule has 2 nitrogen and oxygen atoms in total. The quantitative estimate of drug-likeness (QED) is 0.717. The zero-order valence-electron chi connectivity index (χ0n) is 9.08. The third-order valence-electron chi connectivity index (χ3n) is 2.34. The molecule has 1 aliphatic carbocycles. The van der Waals surface area contributed by atoms with Crippen LogP contribution in [0.1, 0.15) is 39.3 Å². The molecule has 2 heteroatoms. The number of rotatable bonds is 2. The van der Waals surface area contributed by atoms with Crippen LogP contribution in [0.25, 0.3) is 0 Å². The van der Waals surface area contributed by atoms with Crippen molar-refractivity contribution in [3.05, 3.63) is 30.1 Å². The highest BCUT2D eigenvalue weighted by atomic mass is 16.5. The van der Waals surface area contributed by atoms with E-state index in [2.05, 4.69) is 31.8 Å². The van der Waals surface area contributed by atoms with Crippen LogP contribution in [0.3, 0.4) is 0 Å². The summed E-state index contributed by atoms with van der Waals surface area (Å²) >= 11 is 0. The molecule has 1 aliphatic rings. The van der Waals surface area contributed by atoms with Gasteiger partial charge < -0.3 is 4.74 Å². The largest absolute Gasteiger partial charge is 0.363 e. The molecule has 0 unspecified atom stereocenters. The third kappa shape index (κ3) is 1.95. The number of hydrogen-bond donors (Lipinski definition) is 0. The zero-order valence-corrected chi connectivity index (χ0v) is 9.08. The fourth-order valence-corrected chi connectivity index (χ4v) is 1.74. The van der Waals surface area contributed by atoms with Gasteiger partial charge in [0.1, 0.15) is 5.60 Å². The predicted molar refractivity (Wildman–Crippen MR) is 56.0 cm³/mol. The van der Waals surface area contributed by atoms with Crippen molar-refractivity contribution < 1.29 is 4.74 Å². The molecule has 0 amide bonds. The molecular formula is C12H17NO. The smallest absolute Gasteiger partial charge is 0.111 e. The van der Waals surface area contributed by atoms with Crippen molar-refractivity contribution in [2.24, 2.45) is 0 Å². The van der Waals surface area contributed by atoms with Crippen molar-refractivity contribution in [1.82, 2.24) is 4.98 Å². The molecule has 0 bridgehead atoms. The zero-order chi connectivity index (χ0) is 10.2. The van der Waals surface area contributed by atoms with Crippen LogP contribution in [0.5, 0.6) is 0 Å². The summed E-state index contributed by atoms with van der Waals surface area (Å²) in [4.78, 5) is 4.37. The summed E-state index contributed by atoms with van der Waals surface area (Å²) in [5, 5.41) is 0. The lowest BCUT2D eigenvalue weighted by Crippen LogP contribution is -2.27. The van der Waals surface area contributed by atoms with Crippen LogP contribution in [0.2, 0.25) is 0 Å². The summed E-state index contributed by atoms with van der Waals surface area (Å²) in [6.07, 6.45) is 4.03. The summed E-state index contributed by atoms with van der Waals surface area (Å²) in [7, 11) is 0. The number of pyridine rings is 1. The Kier molecular flexibility index (Phi) is 2.11. The highest BCUT2D eigenvalue weighted by Gasteiger charge is 2.49. The van der Waals surface area contributed by atoms with E-state index in [1.54, 1.807) is 0 Å². The minimum absolute atomic E-state index is 0.0838. The molecule has 1 aromatic heterocycles. The van der Waals surface area contributed by atoms with Gasteiger partial charge >= 0.3 is 0 Å². The van der Waals surface area contributed by atoms with Gasteiger partial charge in [-0.05, 0) is 45.7 Å². The summed E-state index contributed by atoms with van der Waals surface area (Å²) in [5.74, 6) is 0. The van der Waals surface area contributed by atoms with Crippen molar-refractivity contribution in [2.75, 3.05) is 0 Å². The van der Waals surface area contributed by atoms with Crippen LogP contribution < -0.4 is 0 Å². The van der Waals surface area contributed by atoms with E-state index in [9.17, 15) is 0 Å². The first-order valence-corrected chi connectivity index (χ1v) is 5.14. The SMILES string of the molecule is CC(C)(C)OC1(c2ccccn2)CC1. The maximum atomic E-state index is 6.06. The van der Waals surface area contributed by atoms with E-state index < -0.39 is 0 Å². The minimum Gasteiger partial charge on any atom is -0.363 e. The summed E-state index contributed by atoms with van der Waals surface area (Å²) in [6.45, 7) is 6.28. The van der Waals surface area contributed by atoms with Crippen molar-refractivity contribution in [1.29, 1.82) is 0 Å². The van der Waals surface area contributed by atoms with Crippen LogP contribution in [-0.2, 0) is 10.3 Å². The van der Waals surface area contributed by atoms with Crippen LogP contribution >= 0.6 is 0 Å². The maximum Gasteiger partial charge on any atom is 0.111 e. The minimum atomic E-state index is -0.0893. The average molecular weight is 191 g/mol. The molecule has 1 heterocycles. The fraction of sp³-hybridized carbons (Fsp3) is 0.583. The second kappa shape index (κ2) is 3.06. The molecule has 2 rings (SSSR count). The Morgan fingerprint density at radius 2 is 2.00 bits per heavy atom. The van der Waals surface area contributed by atoms with Crippen LogP contribution in [0.4, 0.5) is 0 Å². The van der Waals surface area contributed by atoms with Crippen LogP contribution in [-0.4, -0.2) is 10.6 Å². The van der Waals surface area contributed by atoms with Gasteiger partial charge in [0.2, 0.25) is 0 Å². The average Bonchev–Trinajstić information content (AvgIpc) is 2.85. The lowest BCUT2D eigenvalue weighted by Gasteiger charge is -2.27. The molecule has 0 N–H and O–H groups in total. The van der Waals surface area contributed by atoms with E-state index in [0.29, 0.717) is 0 Å². The van der Waals surface area contributed by atoms with Gasteiger partial charge in [0.05, 0.1) is 11.3 Å². The number of ether oxygens (including phenoxy) is 1. The predicted octanol–water partition coefficient (Wildman–Crippen LogP) is 2.89. The molecule has 1 saturated carbocycles. The fourth-order valence-electron chi connectivity index (χ4n) is 1.74. The third-order valence-corrected chi connectivity index (χ3v) is 2.34. The highest BCUT2D eigenvalue weighted by Crippen LogP contribution is 2.50. The first-order valence-electron chi connectivity index (χ1n) is 5.14. The number of aromatic nitrogens is 1. The summed E-state index contributed by atoms with van der Waals surface area (Å²) < 4.78 is 6.06. The molecule has 0 spiro atoms. The van der Waals surface area contributed by atoms with E-state index in [1.807, 2.05) is 18.3 Å². The van der Waals surface area contributed by atoms with E-state index in [1.165, 1.54) is 0 Å². The highest BCUT2D eigenvalue weighted by molar-refractivity contribution is 5.20. The first kappa shape index (κ1) is 9.66. The summed E-state index contributed by atoms with van der Waals surface area (Å²) in [6, 6.07) is 6.02. The Bertz CT molecular complexity index is 309. The Morgan fingerprint density at radius 1 is 1.29 bits per heavy atom. The maximum absolute atomic E-state index is 6.06. The molecule has 0 aromatic carbocycles. The van der Waals surface area contributed by atoms with Gasteiger partial charge in [-0.15, -0.1) is 0 Å². The van der Waals surface area contributed by atoms with Gasteiger partial charge in [-0.1, -0.05) is 6.07 Å². The summed E-state index contributed by atoms with van der Waals surface area (Å²) in [5.41, 5.74) is 0.906.